The normalized spacial score (nSPS) is 15.5. The molecule has 0 aliphatic heterocycles. The first-order chi connectivity index (χ1) is 11.2. The molecule has 4 heteroatoms. The lowest BCUT2D eigenvalue weighted by atomic mass is 9.95. The second kappa shape index (κ2) is 5.43. The van der Waals surface area contributed by atoms with Gasteiger partial charge in [0.1, 0.15) is 0 Å². The molecule has 1 heterocycles. The SMILES string of the molecule is O=C(NCC1(c2c[nH]c3ccccc23)CC1)c1ccc(Cl)cc1. The number of carbonyl (C=O) groups excluding carboxylic acids is 1. The topological polar surface area (TPSA) is 44.9 Å². The van der Waals surface area contributed by atoms with E-state index >= 15 is 0 Å². The predicted molar refractivity (Wildman–Crippen MR) is 93.0 cm³/mol. The third kappa shape index (κ3) is 2.62. The highest BCUT2D eigenvalue weighted by atomic mass is 35.5. The van der Waals surface area contributed by atoms with Crippen LogP contribution in [0.4, 0.5) is 0 Å². The van der Waals surface area contributed by atoms with Crippen molar-refractivity contribution in [2.45, 2.75) is 18.3 Å². The van der Waals surface area contributed by atoms with Crippen LogP contribution in [0.2, 0.25) is 5.02 Å². The Morgan fingerprint density at radius 3 is 2.61 bits per heavy atom. The van der Waals surface area contributed by atoms with Crippen molar-refractivity contribution >= 4 is 28.4 Å². The fraction of sp³-hybridized carbons (Fsp3) is 0.211. The van der Waals surface area contributed by atoms with Gasteiger partial charge in [0.15, 0.2) is 0 Å². The lowest BCUT2D eigenvalue weighted by Crippen LogP contribution is -2.32. The Bertz CT molecular complexity index is 862. The average Bonchev–Trinajstić information content (AvgIpc) is 3.24. The van der Waals surface area contributed by atoms with Gasteiger partial charge >= 0.3 is 0 Å². The summed E-state index contributed by atoms with van der Waals surface area (Å²) in [5.41, 5.74) is 3.17. The number of nitrogens with one attached hydrogen (secondary N) is 2. The number of hydrogen-bond acceptors (Lipinski definition) is 1. The molecule has 1 aliphatic rings. The second-order valence-corrected chi connectivity index (χ2v) is 6.65. The number of carbonyl (C=O) groups is 1. The number of halogens is 1. The molecule has 3 nitrogen and oxygen atoms in total. The summed E-state index contributed by atoms with van der Waals surface area (Å²) in [6.07, 6.45) is 4.30. The Balaban J connectivity index is 1.52. The van der Waals surface area contributed by atoms with Gasteiger partial charge in [0.25, 0.3) is 5.91 Å². The van der Waals surface area contributed by atoms with Crippen LogP contribution in [0.5, 0.6) is 0 Å². The number of aromatic amines is 1. The van der Waals surface area contributed by atoms with E-state index in [-0.39, 0.29) is 11.3 Å². The molecule has 0 unspecified atom stereocenters. The predicted octanol–water partition coefficient (Wildman–Crippen LogP) is 4.28. The lowest BCUT2D eigenvalue weighted by molar-refractivity contribution is 0.0950. The Labute approximate surface area is 139 Å². The van der Waals surface area contributed by atoms with Crippen molar-refractivity contribution in [3.63, 3.8) is 0 Å². The molecule has 3 aromatic rings. The zero-order valence-corrected chi connectivity index (χ0v) is 13.4. The Morgan fingerprint density at radius 1 is 1.13 bits per heavy atom. The molecule has 2 N–H and O–H groups in total. The summed E-state index contributed by atoms with van der Waals surface area (Å²) in [5.74, 6) is -0.0483. The van der Waals surface area contributed by atoms with Gasteiger partial charge in [-0.05, 0) is 48.7 Å². The molecular weight excluding hydrogens is 308 g/mol. The molecule has 1 aromatic heterocycles. The van der Waals surface area contributed by atoms with E-state index in [1.807, 2.05) is 6.07 Å². The van der Waals surface area contributed by atoms with Crippen LogP contribution < -0.4 is 5.32 Å². The third-order valence-corrected chi connectivity index (χ3v) is 4.96. The van der Waals surface area contributed by atoms with Gasteiger partial charge in [0.2, 0.25) is 0 Å². The van der Waals surface area contributed by atoms with Gasteiger partial charge in [-0.15, -0.1) is 0 Å². The van der Waals surface area contributed by atoms with Gasteiger partial charge in [0, 0.05) is 39.6 Å². The summed E-state index contributed by atoms with van der Waals surface area (Å²) in [6.45, 7) is 0.663. The molecule has 116 valence electrons. The van der Waals surface area contributed by atoms with Gasteiger partial charge in [-0.2, -0.15) is 0 Å². The van der Waals surface area contributed by atoms with Crippen molar-refractivity contribution < 1.29 is 4.79 Å². The highest BCUT2D eigenvalue weighted by Crippen LogP contribution is 2.49. The molecule has 0 spiro atoms. The molecule has 2 aromatic carbocycles. The molecule has 1 amide bonds. The van der Waals surface area contributed by atoms with Crippen molar-refractivity contribution in [3.8, 4) is 0 Å². The van der Waals surface area contributed by atoms with E-state index in [1.54, 1.807) is 24.3 Å². The molecule has 1 fully saturated rings. The van der Waals surface area contributed by atoms with E-state index in [4.69, 9.17) is 11.6 Å². The Hall–Kier alpha value is -2.26. The summed E-state index contributed by atoms with van der Waals surface area (Å²) < 4.78 is 0. The van der Waals surface area contributed by atoms with E-state index in [0.717, 1.165) is 18.4 Å². The van der Waals surface area contributed by atoms with E-state index < -0.39 is 0 Å². The molecule has 0 atom stereocenters. The van der Waals surface area contributed by atoms with Gasteiger partial charge in [-0.25, -0.2) is 0 Å². The number of H-pyrrole nitrogens is 1. The largest absolute Gasteiger partial charge is 0.361 e. The van der Waals surface area contributed by atoms with Crippen LogP contribution in [-0.2, 0) is 5.41 Å². The Kier molecular flexibility index (Phi) is 3.38. The average molecular weight is 325 g/mol. The van der Waals surface area contributed by atoms with Crippen molar-refractivity contribution in [2.75, 3.05) is 6.54 Å². The quantitative estimate of drug-likeness (QED) is 0.739. The number of amides is 1. The fourth-order valence-corrected chi connectivity index (χ4v) is 3.28. The number of hydrogen-bond donors (Lipinski definition) is 2. The zero-order valence-electron chi connectivity index (χ0n) is 12.6. The minimum atomic E-state index is -0.0483. The van der Waals surface area contributed by atoms with E-state index in [9.17, 15) is 4.79 Å². The summed E-state index contributed by atoms with van der Waals surface area (Å²) in [7, 11) is 0. The molecule has 1 saturated carbocycles. The second-order valence-electron chi connectivity index (χ2n) is 6.22. The van der Waals surface area contributed by atoms with Gasteiger partial charge in [0.05, 0.1) is 0 Å². The maximum Gasteiger partial charge on any atom is 0.251 e. The van der Waals surface area contributed by atoms with Crippen LogP contribution in [0.15, 0.2) is 54.7 Å². The number of aromatic nitrogens is 1. The van der Waals surface area contributed by atoms with E-state index in [2.05, 4.69) is 34.7 Å². The smallest absolute Gasteiger partial charge is 0.251 e. The first kappa shape index (κ1) is 14.3. The van der Waals surface area contributed by atoms with Gasteiger partial charge < -0.3 is 10.3 Å². The van der Waals surface area contributed by atoms with Crippen molar-refractivity contribution in [3.05, 3.63) is 70.9 Å². The molecule has 0 bridgehead atoms. The standard InChI is InChI=1S/C19H17ClN2O/c20-14-7-5-13(6-8-14)18(23)22-12-19(9-10-19)16-11-21-17-4-2-1-3-15(16)17/h1-8,11,21H,9-10,12H2,(H,22,23). The molecule has 1 aliphatic carbocycles. The van der Waals surface area contributed by atoms with Crippen LogP contribution in [0.3, 0.4) is 0 Å². The minimum Gasteiger partial charge on any atom is -0.361 e. The van der Waals surface area contributed by atoms with Gasteiger partial charge in [-0.3, -0.25) is 4.79 Å². The summed E-state index contributed by atoms with van der Waals surface area (Å²) in [6, 6.07) is 15.3. The summed E-state index contributed by atoms with van der Waals surface area (Å²) in [4.78, 5) is 15.6. The molecule has 0 radical (unpaired) electrons. The number of rotatable bonds is 4. The van der Waals surface area contributed by atoms with Crippen LogP contribution in [0.1, 0.15) is 28.8 Å². The van der Waals surface area contributed by atoms with Crippen LogP contribution in [0, 0.1) is 0 Å². The van der Waals surface area contributed by atoms with Crippen molar-refractivity contribution in [1.82, 2.24) is 10.3 Å². The minimum absolute atomic E-state index is 0.0483. The first-order valence-corrected chi connectivity index (χ1v) is 8.16. The molecule has 4 rings (SSSR count). The molecule has 23 heavy (non-hydrogen) atoms. The highest BCUT2D eigenvalue weighted by Gasteiger charge is 2.45. The fourth-order valence-electron chi connectivity index (χ4n) is 3.16. The van der Waals surface area contributed by atoms with Crippen LogP contribution in [0.25, 0.3) is 10.9 Å². The Morgan fingerprint density at radius 2 is 1.87 bits per heavy atom. The van der Waals surface area contributed by atoms with E-state index in [1.165, 1.54) is 10.9 Å². The van der Waals surface area contributed by atoms with Crippen molar-refractivity contribution in [2.24, 2.45) is 0 Å². The van der Waals surface area contributed by atoms with Crippen LogP contribution in [-0.4, -0.2) is 17.4 Å². The summed E-state index contributed by atoms with van der Waals surface area (Å²) in [5, 5.41) is 4.97. The van der Waals surface area contributed by atoms with E-state index in [0.29, 0.717) is 17.1 Å². The maximum absolute atomic E-state index is 12.3. The highest BCUT2D eigenvalue weighted by molar-refractivity contribution is 6.30. The van der Waals surface area contributed by atoms with Crippen molar-refractivity contribution in [1.29, 1.82) is 0 Å². The third-order valence-electron chi connectivity index (χ3n) is 4.71. The van der Waals surface area contributed by atoms with Crippen LogP contribution >= 0.6 is 11.6 Å². The number of para-hydroxylation sites is 1. The maximum atomic E-state index is 12.3. The number of benzene rings is 2. The van der Waals surface area contributed by atoms with Gasteiger partial charge in [-0.1, -0.05) is 29.8 Å². The molecule has 0 saturated heterocycles. The lowest BCUT2D eigenvalue weighted by Gasteiger charge is -2.16. The monoisotopic (exact) mass is 324 g/mol. The zero-order chi connectivity index (χ0) is 15.9. The number of fused-ring (bicyclic) bond motifs is 1. The summed E-state index contributed by atoms with van der Waals surface area (Å²) >= 11 is 5.86. The molecular formula is C19H17ClN2O. The first-order valence-electron chi connectivity index (χ1n) is 7.78.